The monoisotopic (exact) mass is 335 g/mol. The van der Waals surface area contributed by atoms with Crippen molar-refractivity contribution < 1.29 is 4.79 Å². The number of tetrazole rings is 1. The van der Waals surface area contributed by atoms with E-state index in [1.54, 1.807) is 29.2 Å². The molecule has 0 bridgehead atoms. The van der Waals surface area contributed by atoms with Crippen molar-refractivity contribution in [1.82, 2.24) is 30.0 Å². The second-order valence-electron chi connectivity index (χ2n) is 5.10. The summed E-state index contributed by atoms with van der Waals surface area (Å²) in [6.07, 6.45) is 10.3. The molecule has 2 aromatic heterocycles. The summed E-state index contributed by atoms with van der Waals surface area (Å²) in [4.78, 5) is 14.0. The Kier molecular flexibility index (Phi) is 4.79. The molecule has 3 rings (SSSR count). The molecule has 0 unspecified atom stereocenters. The summed E-state index contributed by atoms with van der Waals surface area (Å²) in [6.45, 7) is 3.79. The summed E-state index contributed by atoms with van der Waals surface area (Å²) in [5, 5.41) is 18.6. The predicted molar refractivity (Wildman–Crippen MR) is 95.0 cm³/mol. The third-order valence-corrected chi connectivity index (χ3v) is 3.38. The number of carbonyl (C=O) groups excluding carboxylic acids is 1. The number of hydrogen-bond acceptors (Lipinski definition) is 5. The highest BCUT2D eigenvalue weighted by atomic mass is 16.1. The second kappa shape index (κ2) is 7.35. The molecule has 0 radical (unpaired) electrons. The number of nitrogens with one attached hydrogen (secondary N) is 1. The highest BCUT2D eigenvalue weighted by Crippen LogP contribution is 2.17. The maximum atomic E-state index is 12.7. The Morgan fingerprint density at radius 3 is 2.80 bits per heavy atom. The minimum atomic E-state index is -0.243. The number of benzene rings is 1. The number of carbonyl (C=O) groups is 1. The van der Waals surface area contributed by atoms with Gasteiger partial charge in [-0.25, -0.2) is 4.68 Å². The predicted octanol–water partition coefficient (Wildman–Crippen LogP) is 2.63. The molecule has 1 N–H and O–H groups in total. The number of nitrogens with zero attached hydrogens (tertiary/aromatic N) is 6. The van der Waals surface area contributed by atoms with E-state index in [0.29, 0.717) is 22.6 Å². The third-order valence-electron chi connectivity index (χ3n) is 3.38. The zero-order valence-corrected chi connectivity index (χ0v) is 13.9. The molecular formula is C17H17N7O. The van der Waals surface area contributed by atoms with E-state index in [2.05, 4.69) is 25.8 Å². The van der Waals surface area contributed by atoms with Gasteiger partial charge in [0.25, 0.3) is 5.91 Å². The lowest BCUT2D eigenvalue weighted by Crippen LogP contribution is -2.13. The summed E-state index contributed by atoms with van der Waals surface area (Å²) in [5.74, 6) is -0.243. The number of rotatable bonds is 5. The maximum Gasteiger partial charge on any atom is 0.259 e. The first kappa shape index (κ1) is 16.3. The molecule has 0 atom stereocenters. The fourth-order valence-electron chi connectivity index (χ4n) is 2.32. The molecule has 3 aromatic rings. The van der Waals surface area contributed by atoms with Gasteiger partial charge in [0.2, 0.25) is 0 Å². The Labute approximate surface area is 144 Å². The lowest BCUT2D eigenvalue weighted by molar-refractivity contribution is 0.102. The Morgan fingerprint density at radius 2 is 2.08 bits per heavy atom. The van der Waals surface area contributed by atoms with Crippen LogP contribution >= 0.6 is 0 Å². The second-order valence-corrected chi connectivity index (χ2v) is 5.10. The van der Waals surface area contributed by atoms with Crippen molar-refractivity contribution in [2.75, 3.05) is 5.32 Å². The molecule has 2 heterocycles. The maximum absolute atomic E-state index is 12.7. The van der Waals surface area contributed by atoms with E-state index in [1.165, 1.54) is 11.1 Å². The van der Waals surface area contributed by atoms with E-state index in [-0.39, 0.29) is 5.91 Å². The third kappa shape index (κ3) is 3.52. The Hall–Kier alpha value is -3.55. The molecular weight excluding hydrogens is 318 g/mol. The highest BCUT2D eigenvalue weighted by molar-refractivity contribution is 6.06. The van der Waals surface area contributed by atoms with Gasteiger partial charge in [-0.1, -0.05) is 18.2 Å². The molecule has 0 aliphatic rings. The van der Waals surface area contributed by atoms with Gasteiger partial charge in [-0.3, -0.25) is 4.79 Å². The number of amides is 1. The first-order valence-corrected chi connectivity index (χ1v) is 7.70. The van der Waals surface area contributed by atoms with E-state index in [0.717, 1.165) is 0 Å². The minimum Gasteiger partial charge on any atom is -0.322 e. The standard InChI is InChI=1S/C17H17N7O/c1-3-6-16-15(11-19-23(16)9-4-2)17(25)21-13-7-5-8-14(10-13)24-20-12-18-22-24/h3-12H,1-2H3,(H,21,25)/b6-3-,9-4-. The quantitative estimate of drug-likeness (QED) is 0.774. The van der Waals surface area contributed by atoms with E-state index < -0.39 is 0 Å². The van der Waals surface area contributed by atoms with Crippen LogP contribution in [0.5, 0.6) is 0 Å². The van der Waals surface area contributed by atoms with Crippen molar-refractivity contribution in [3.63, 3.8) is 0 Å². The number of allylic oxidation sites excluding steroid dienone is 2. The van der Waals surface area contributed by atoms with Crippen LogP contribution in [-0.2, 0) is 0 Å². The van der Waals surface area contributed by atoms with Crippen molar-refractivity contribution in [1.29, 1.82) is 0 Å². The molecule has 8 nitrogen and oxygen atoms in total. The van der Waals surface area contributed by atoms with Crippen molar-refractivity contribution >= 4 is 23.9 Å². The fourth-order valence-corrected chi connectivity index (χ4v) is 2.32. The molecule has 0 fully saturated rings. The molecule has 8 heteroatoms. The van der Waals surface area contributed by atoms with Gasteiger partial charge in [-0.05, 0) is 43.3 Å². The van der Waals surface area contributed by atoms with Gasteiger partial charge in [0.05, 0.1) is 23.1 Å². The SMILES string of the molecule is C/C=C\c1c(C(=O)Nc2cccc(-n3ncnn3)c2)cnn1/C=C\C. The summed E-state index contributed by atoms with van der Waals surface area (Å²) in [7, 11) is 0. The van der Waals surface area contributed by atoms with Crippen molar-refractivity contribution in [3.8, 4) is 5.69 Å². The summed E-state index contributed by atoms with van der Waals surface area (Å²) in [6, 6.07) is 7.20. The molecule has 0 saturated carbocycles. The normalized spacial score (nSPS) is 11.4. The van der Waals surface area contributed by atoms with Gasteiger partial charge in [-0.15, -0.1) is 15.0 Å². The smallest absolute Gasteiger partial charge is 0.259 e. The van der Waals surface area contributed by atoms with E-state index in [4.69, 9.17) is 0 Å². The van der Waals surface area contributed by atoms with Crippen LogP contribution < -0.4 is 5.32 Å². The summed E-state index contributed by atoms with van der Waals surface area (Å²) >= 11 is 0. The van der Waals surface area contributed by atoms with Gasteiger partial charge in [0.1, 0.15) is 0 Å². The molecule has 1 amide bonds. The largest absolute Gasteiger partial charge is 0.322 e. The fraction of sp³-hybridized carbons (Fsp3) is 0.118. The summed E-state index contributed by atoms with van der Waals surface area (Å²) < 4.78 is 1.66. The van der Waals surface area contributed by atoms with Crippen LogP contribution in [0.25, 0.3) is 18.0 Å². The average molecular weight is 335 g/mol. The molecule has 0 spiro atoms. The Bertz CT molecular complexity index is 922. The van der Waals surface area contributed by atoms with Crippen LogP contribution in [0.3, 0.4) is 0 Å². The number of aromatic nitrogens is 6. The van der Waals surface area contributed by atoms with Crippen LogP contribution in [0.4, 0.5) is 5.69 Å². The van der Waals surface area contributed by atoms with Gasteiger partial charge >= 0.3 is 0 Å². The molecule has 0 aliphatic carbocycles. The zero-order chi connectivity index (χ0) is 17.6. The van der Waals surface area contributed by atoms with Gasteiger partial charge in [0.15, 0.2) is 6.33 Å². The Balaban J connectivity index is 1.87. The van der Waals surface area contributed by atoms with E-state index in [1.807, 2.05) is 44.2 Å². The first-order valence-electron chi connectivity index (χ1n) is 7.70. The number of hydrogen-bond donors (Lipinski definition) is 1. The van der Waals surface area contributed by atoms with Crippen LogP contribution in [0.1, 0.15) is 29.9 Å². The van der Waals surface area contributed by atoms with E-state index in [9.17, 15) is 4.79 Å². The van der Waals surface area contributed by atoms with Crippen molar-refractivity contribution in [2.45, 2.75) is 13.8 Å². The molecule has 25 heavy (non-hydrogen) atoms. The van der Waals surface area contributed by atoms with Crippen molar-refractivity contribution in [3.05, 3.63) is 60.2 Å². The zero-order valence-electron chi connectivity index (χ0n) is 13.9. The van der Waals surface area contributed by atoms with Crippen LogP contribution in [0, 0.1) is 0 Å². The van der Waals surface area contributed by atoms with Crippen LogP contribution in [-0.4, -0.2) is 35.9 Å². The van der Waals surface area contributed by atoms with E-state index >= 15 is 0 Å². The van der Waals surface area contributed by atoms with Gasteiger partial charge in [0, 0.05) is 11.9 Å². The molecule has 0 aliphatic heterocycles. The topological polar surface area (TPSA) is 90.5 Å². The van der Waals surface area contributed by atoms with Gasteiger partial charge < -0.3 is 5.32 Å². The molecule has 1 aromatic carbocycles. The van der Waals surface area contributed by atoms with Crippen LogP contribution in [0.2, 0.25) is 0 Å². The van der Waals surface area contributed by atoms with Gasteiger partial charge in [-0.2, -0.15) is 5.10 Å². The summed E-state index contributed by atoms with van der Waals surface area (Å²) in [5.41, 5.74) is 2.53. The highest BCUT2D eigenvalue weighted by Gasteiger charge is 2.15. The molecule has 0 saturated heterocycles. The van der Waals surface area contributed by atoms with Crippen molar-refractivity contribution in [2.24, 2.45) is 0 Å². The number of anilines is 1. The first-order chi connectivity index (χ1) is 12.2. The average Bonchev–Trinajstić information content (AvgIpc) is 3.27. The lowest BCUT2D eigenvalue weighted by Gasteiger charge is -2.07. The lowest BCUT2D eigenvalue weighted by atomic mass is 10.2. The minimum absolute atomic E-state index is 0.243. The molecule has 126 valence electrons. The Morgan fingerprint density at radius 1 is 1.20 bits per heavy atom. The van der Waals surface area contributed by atoms with Crippen LogP contribution in [0.15, 0.2) is 48.9 Å².